The molecule has 0 fully saturated rings. The first kappa shape index (κ1) is 15.6. The normalized spacial score (nSPS) is 11.0. The molecule has 0 aliphatic heterocycles. The first-order valence-electron chi connectivity index (χ1n) is 6.92. The summed E-state index contributed by atoms with van der Waals surface area (Å²) in [5, 5.41) is 17.8. The average Bonchev–Trinajstić information content (AvgIpc) is 2.89. The van der Waals surface area contributed by atoms with E-state index in [1.165, 1.54) is 17.3 Å². The van der Waals surface area contributed by atoms with Crippen molar-refractivity contribution >= 4 is 17.7 Å². The largest absolute Gasteiger partial charge is 0.481 e. The van der Waals surface area contributed by atoms with Crippen LogP contribution in [0.15, 0.2) is 29.4 Å². The second kappa shape index (κ2) is 6.76. The number of aliphatic carboxylic acids is 1. The van der Waals surface area contributed by atoms with Crippen LogP contribution in [-0.2, 0) is 11.2 Å². The third-order valence-electron chi connectivity index (χ3n) is 3.10. The molecule has 0 unspecified atom stereocenters. The van der Waals surface area contributed by atoms with Gasteiger partial charge in [-0.25, -0.2) is 0 Å². The fraction of sp³-hybridized carbons (Fsp3) is 0.400. The Balaban J connectivity index is 2.41. The van der Waals surface area contributed by atoms with Crippen molar-refractivity contribution in [2.45, 2.75) is 38.3 Å². The number of thioether (sulfide) groups is 1. The van der Waals surface area contributed by atoms with Gasteiger partial charge in [-0.2, -0.15) is 0 Å². The smallest absolute Gasteiger partial charge is 0.313 e. The van der Waals surface area contributed by atoms with Gasteiger partial charge in [0.2, 0.25) is 0 Å². The molecule has 0 saturated heterocycles. The van der Waals surface area contributed by atoms with E-state index in [2.05, 4.69) is 29.3 Å². The zero-order valence-corrected chi connectivity index (χ0v) is 13.2. The molecule has 1 heterocycles. The molecule has 6 heteroatoms. The Morgan fingerprint density at radius 3 is 2.48 bits per heavy atom. The summed E-state index contributed by atoms with van der Waals surface area (Å²) >= 11 is 1.19. The Kier molecular flexibility index (Phi) is 5.01. The highest BCUT2D eigenvalue weighted by Crippen LogP contribution is 2.25. The number of nitrogens with zero attached hydrogens (tertiary/aromatic N) is 3. The van der Waals surface area contributed by atoms with Gasteiger partial charge >= 0.3 is 5.97 Å². The molecule has 0 aliphatic carbocycles. The van der Waals surface area contributed by atoms with E-state index in [1.54, 1.807) is 0 Å². The van der Waals surface area contributed by atoms with E-state index in [0.717, 1.165) is 17.9 Å². The Hall–Kier alpha value is -1.82. The van der Waals surface area contributed by atoms with Gasteiger partial charge in [0.1, 0.15) is 5.82 Å². The molecule has 0 atom stereocenters. The number of carboxylic acid groups (broad SMARTS) is 1. The molecule has 1 N–H and O–H groups in total. The quantitative estimate of drug-likeness (QED) is 0.830. The Morgan fingerprint density at radius 2 is 1.95 bits per heavy atom. The molecule has 2 aromatic rings. The minimum absolute atomic E-state index is 0.0245. The topological polar surface area (TPSA) is 68.0 Å². The minimum Gasteiger partial charge on any atom is -0.481 e. The summed E-state index contributed by atoms with van der Waals surface area (Å²) in [6, 6.07) is 8.20. The number of aromatic nitrogens is 3. The number of benzene rings is 1. The third-order valence-corrected chi connectivity index (χ3v) is 4.02. The van der Waals surface area contributed by atoms with Gasteiger partial charge in [0.25, 0.3) is 0 Å². The number of aryl methyl sites for hydroxylation is 1. The van der Waals surface area contributed by atoms with Crippen LogP contribution in [-0.4, -0.2) is 31.6 Å². The number of hydrogen-bond acceptors (Lipinski definition) is 4. The SMILES string of the molecule is CCc1ccc(-n2c(SCC(=O)O)nnc2C(C)C)cc1. The van der Waals surface area contributed by atoms with Crippen LogP contribution in [0.1, 0.15) is 38.1 Å². The van der Waals surface area contributed by atoms with Crippen molar-refractivity contribution in [3.8, 4) is 5.69 Å². The molecule has 112 valence electrons. The lowest BCUT2D eigenvalue weighted by Gasteiger charge is -2.12. The molecule has 0 radical (unpaired) electrons. The van der Waals surface area contributed by atoms with E-state index in [1.807, 2.05) is 30.5 Å². The zero-order valence-electron chi connectivity index (χ0n) is 12.4. The second-order valence-electron chi connectivity index (χ2n) is 5.03. The number of carbonyl (C=O) groups is 1. The molecule has 0 saturated carbocycles. The summed E-state index contributed by atoms with van der Waals surface area (Å²) in [4.78, 5) is 10.8. The van der Waals surface area contributed by atoms with Crippen LogP contribution in [0.3, 0.4) is 0 Å². The average molecular weight is 305 g/mol. The van der Waals surface area contributed by atoms with Gasteiger partial charge in [-0.1, -0.05) is 44.7 Å². The van der Waals surface area contributed by atoms with Crippen molar-refractivity contribution in [3.63, 3.8) is 0 Å². The van der Waals surface area contributed by atoms with E-state index >= 15 is 0 Å². The number of hydrogen-bond donors (Lipinski definition) is 1. The van der Waals surface area contributed by atoms with Crippen LogP contribution in [0.4, 0.5) is 0 Å². The van der Waals surface area contributed by atoms with Crippen LogP contribution in [0.25, 0.3) is 5.69 Å². The van der Waals surface area contributed by atoms with Crippen molar-refractivity contribution < 1.29 is 9.90 Å². The highest BCUT2D eigenvalue weighted by atomic mass is 32.2. The fourth-order valence-electron chi connectivity index (χ4n) is 2.00. The first-order chi connectivity index (χ1) is 10.0. The van der Waals surface area contributed by atoms with Crippen LogP contribution < -0.4 is 0 Å². The molecule has 1 aromatic carbocycles. The fourth-order valence-corrected chi connectivity index (χ4v) is 2.68. The summed E-state index contributed by atoms with van der Waals surface area (Å²) in [5.74, 6) is 0.167. The monoisotopic (exact) mass is 305 g/mol. The molecular weight excluding hydrogens is 286 g/mol. The molecule has 0 aliphatic rings. The molecule has 0 amide bonds. The van der Waals surface area contributed by atoms with Crippen LogP contribution >= 0.6 is 11.8 Å². The predicted octanol–water partition coefficient (Wildman–Crippen LogP) is 3.13. The van der Waals surface area contributed by atoms with Crippen LogP contribution in [0.2, 0.25) is 0 Å². The van der Waals surface area contributed by atoms with Crippen molar-refractivity contribution in [1.29, 1.82) is 0 Å². The molecular formula is C15H19N3O2S. The molecule has 1 aromatic heterocycles. The van der Waals surface area contributed by atoms with E-state index in [0.29, 0.717) is 5.16 Å². The second-order valence-corrected chi connectivity index (χ2v) is 5.98. The number of rotatable bonds is 6. The Bertz CT molecular complexity index is 620. The lowest BCUT2D eigenvalue weighted by atomic mass is 10.1. The standard InChI is InChI=1S/C15H19N3O2S/c1-4-11-5-7-12(8-6-11)18-14(10(2)3)16-17-15(18)21-9-13(19)20/h5-8,10H,4,9H2,1-3H3,(H,19,20). The molecule has 21 heavy (non-hydrogen) atoms. The third kappa shape index (κ3) is 3.64. The number of carboxylic acids is 1. The molecule has 0 spiro atoms. The van der Waals surface area contributed by atoms with Gasteiger partial charge in [-0.05, 0) is 24.1 Å². The summed E-state index contributed by atoms with van der Waals surface area (Å²) < 4.78 is 1.94. The van der Waals surface area contributed by atoms with E-state index < -0.39 is 5.97 Å². The molecule has 5 nitrogen and oxygen atoms in total. The highest BCUT2D eigenvalue weighted by molar-refractivity contribution is 7.99. The van der Waals surface area contributed by atoms with Gasteiger partial charge in [-0.3, -0.25) is 9.36 Å². The Morgan fingerprint density at radius 1 is 1.29 bits per heavy atom. The van der Waals surface area contributed by atoms with Crippen LogP contribution in [0.5, 0.6) is 0 Å². The van der Waals surface area contributed by atoms with Gasteiger partial charge in [0, 0.05) is 11.6 Å². The molecule has 2 rings (SSSR count). The summed E-state index contributed by atoms with van der Waals surface area (Å²) in [5.41, 5.74) is 2.23. The van der Waals surface area contributed by atoms with Gasteiger partial charge in [-0.15, -0.1) is 10.2 Å². The lowest BCUT2D eigenvalue weighted by molar-refractivity contribution is -0.133. The van der Waals surface area contributed by atoms with Crippen molar-refractivity contribution in [3.05, 3.63) is 35.7 Å². The highest BCUT2D eigenvalue weighted by Gasteiger charge is 2.17. The maximum absolute atomic E-state index is 10.8. The van der Waals surface area contributed by atoms with Crippen LogP contribution in [0, 0.1) is 0 Å². The predicted molar refractivity (Wildman–Crippen MR) is 83.2 cm³/mol. The van der Waals surface area contributed by atoms with Gasteiger partial charge < -0.3 is 5.11 Å². The van der Waals surface area contributed by atoms with E-state index in [9.17, 15) is 4.79 Å². The summed E-state index contributed by atoms with van der Waals surface area (Å²) in [6.07, 6.45) is 0.986. The minimum atomic E-state index is -0.859. The Labute approximate surface area is 128 Å². The zero-order chi connectivity index (χ0) is 15.4. The lowest BCUT2D eigenvalue weighted by Crippen LogP contribution is -2.06. The van der Waals surface area contributed by atoms with Crippen molar-refractivity contribution in [2.75, 3.05) is 5.75 Å². The maximum atomic E-state index is 10.8. The maximum Gasteiger partial charge on any atom is 0.313 e. The first-order valence-corrected chi connectivity index (χ1v) is 7.90. The van der Waals surface area contributed by atoms with E-state index in [4.69, 9.17) is 5.11 Å². The van der Waals surface area contributed by atoms with Gasteiger partial charge in [0.15, 0.2) is 5.16 Å². The van der Waals surface area contributed by atoms with Gasteiger partial charge in [0.05, 0.1) is 5.75 Å². The summed E-state index contributed by atoms with van der Waals surface area (Å²) in [7, 11) is 0. The van der Waals surface area contributed by atoms with E-state index in [-0.39, 0.29) is 11.7 Å². The van der Waals surface area contributed by atoms with Crippen molar-refractivity contribution in [2.24, 2.45) is 0 Å². The molecule has 0 bridgehead atoms. The summed E-state index contributed by atoms with van der Waals surface area (Å²) in [6.45, 7) is 6.21. The van der Waals surface area contributed by atoms with Crippen molar-refractivity contribution in [1.82, 2.24) is 14.8 Å².